The van der Waals surface area contributed by atoms with Crippen LogP contribution in [0.15, 0.2) is 18.2 Å². The van der Waals surface area contributed by atoms with E-state index < -0.39 is 23.3 Å². The number of nitrogens with one attached hydrogen (secondary N) is 2. The third kappa shape index (κ3) is 4.21. The van der Waals surface area contributed by atoms with E-state index in [1.54, 1.807) is 39.0 Å². The first kappa shape index (κ1) is 29.2. The van der Waals surface area contributed by atoms with Crippen molar-refractivity contribution in [1.29, 1.82) is 0 Å². The van der Waals surface area contributed by atoms with E-state index in [1.165, 1.54) is 7.11 Å². The van der Waals surface area contributed by atoms with E-state index in [1.807, 2.05) is 13.8 Å². The van der Waals surface area contributed by atoms with E-state index in [-0.39, 0.29) is 40.9 Å². The lowest BCUT2D eigenvalue weighted by atomic mass is 9.80. The highest BCUT2D eigenvalue weighted by Crippen LogP contribution is 2.44. The van der Waals surface area contributed by atoms with E-state index in [0.717, 1.165) is 6.29 Å². The number of Topliss-reactive ketones (excluding diaryl/α,β-unsaturated/α-hetero) is 1. The summed E-state index contributed by atoms with van der Waals surface area (Å²) in [6, 6.07) is 5.08. The van der Waals surface area contributed by atoms with Gasteiger partial charge in [-0.2, -0.15) is 0 Å². The van der Waals surface area contributed by atoms with Gasteiger partial charge in [-0.05, 0) is 62.9 Å². The van der Waals surface area contributed by atoms with Crippen LogP contribution in [-0.2, 0) is 24.5 Å². The zero-order chi connectivity index (χ0) is 31.7. The van der Waals surface area contributed by atoms with Crippen LogP contribution < -0.4 is 0 Å². The van der Waals surface area contributed by atoms with Crippen LogP contribution >= 0.6 is 0 Å². The monoisotopic (exact) mass is 596 g/mol. The van der Waals surface area contributed by atoms with Crippen LogP contribution in [0.5, 0.6) is 0 Å². The number of hydrogen-bond donors (Lipinski definition) is 2. The molecule has 2 aromatic heterocycles. The molecule has 11 nitrogen and oxygen atoms in total. The number of ether oxygens (including phenoxy) is 2. The SMILES string of the molecule is CCC1(C)C(=O)c2cc3nc(cc4[nH]c(c5c6[nH]c(cc1n2)c(C)c6C(=O)OC5=O)[C@@H](CCC(=O)OC)[C@@H]4C)C(C)=C3C=O. The Bertz CT molecular complexity index is 1930. The van der Waals surface area contributed by atoms with Crippen LogP contribution in [0, 0.1) is 6.92 Å². The molecule has 0 aliphatic carbocycles. The van der Waals surface area contributed by atoms with Gasteiger partial charge in [0.1, 0.15) is 11.3 Å². The fourth-order valence-electron chi connectivity index (χ4n) is 6.50. The summed E-state index contributed by atoms with van der Waals surface area (Å²) in [5.41, 5.74) is 4.41. The minimum atomic E-state index is -0.974. The van der Waals surface area contributed by atoms with Gasteiger partial charge in [-0.1, -0.05) is 13.8 Å². The molecule has 0 aromatic carbocycles. The Morgan fingerprint density at radius 1 is 1.05 bits per heavy atom. The van der Waals surface area contributed by atoms with E-state index in [2.05, 4.69) is 9.97 Å². The maximum Gasteiger partial charge on any atom is 0.349 e. The smallest absolute Gasteiger partial charge is 0.349 e. The molecule has 6 rings (SSSR count). The molecule has 0 spiro atoms. The molecule has 226 valence electrons. The average Bonchev–Trinajstić information content (AvgIpc) is 3.65. The number of aromatic amines is 2. The number of esters is 3. The lowest BCUT2D eigenvalue weighted by Gasteiger charge is -2.19. The molecular formula is C33H32N4O7. The molecule has 6 heterocycles. The minimum Gasteiger partial charge on any atom is -0.469 e. The first-order valence-corrected chi connectivity index (χ1v) is 14.5. The molecule has 4 aliphatic rings. The summed E-state index contributed by atoms with van der Waals surface area (Å²) in [4.78, 5) is 80.8. The average molecular weight is 597 g/mol. The molecule has 0 saturated carbocycles. The van der Waals surface area contributed by atoms with Gasteiger partial charge in [0, 0.05) is 40.7 Å². The van der Waals surface area contributed by atoms with Crippen molar-refractivity contribution in [1.82, 2.24) is 19.9 Å². The molecule has 11 heteroatoms. The number of carbonyl (C=O) groups excluding carboxylic acids is 5. The second kappa shape index (κ2) is 10.4. The number of methoxy groups -OCH3 is 1. The van der Waals surface area contributed by atoms with Crippen LogP contribution in [0.2, 0.25) is 0 Å². The van der Waals surface area contributed by atoms with Crippen molar-refractivity contribution >= 4 is 52.2 Å². The van der Waals surface area contributed by atoms with Gasteiger partial charge in [-0.3, -0.25) is 14.4 Å². The van der Waals surface area contributed by atoms with Crippen molar-refractivity contribution in [2.24, 2.45) is 0 Å². The van der Waals surface area contributed by atoms with Gasteiger partial charge in [0.2, 0.25) is 0 Å². The molecule has 1 unspecified atom stereocenters. The van der Waals surface area contributed by atoms with Crippen LogP contribution in [-0.4, -0.2) is 57.0 Å². The number of ketones is 1. The molecular weight excluding hydrogens is 564 g/mol. The number of rotatable bonds is 5. The molecule has 0 saturated heterocycles. The molecule has 4 aliphatic heterocycles. The highest BCUT2D eigenvalue weighted by molar-refractivity contribution is 6.19. The number of aryl methyl sites for hydroxylation is 1. The third-order valence-electron chi connectivity index (χ3n) is 9.55. The van der Waals surface area contributed by atoms with Crippen molar-refractivity contribution in [3.8, 4) is 0 Å². The van der Waals surface area contributed by atoms with E-state index in [9.17, 15) is 24.0 Å². The second-order valence-electron chi connectivity index (χ2n) is 11.8. The van der Waals surface area contributed by atoms with E-state index >= 15 is 0 Å². The zero-order valence-corrected chi connectivity index (χ0v) is 25.3. The summed E-state index contributed by atoms with van der Waals surface area (Å²) in [5, 5.41) is 0. The summed E-state index contributed by atoms with van der Waals surface area (Å²) >= 11 is 0. The molecule has 2 N–H and O–H groups in total. The standard InChI is InChI=1S/C33H32N4O7/c1-7-33(5)24-12-21-16(4)26-29(37-21)27(32(42)44-31(26)41)28-17(8-9-25(39)43-6)14(2)20(36-28)10-19-15(3)18(13-38)22(34-19)11-23(35-24)30(33)40/h10-14,17,36-37H,7-9H2,1-6H3/t14-,17-,33?/m0/s1. The predicted molar refractivity (Wildman–Crippen MR) is 160 cm³/mol. The number of carbonyl (C=O) groups is 5. The van der Waals surface area contributed by atoms with Gasteiger partial charge >= 0.3 is 17.9 Å². The fourth-order valence-corrected chi connectivity index (χ4v) is 6.50. The molecule has 44 heavy (non-hydrogen) atoms. The van der Waals surface area contributed by atoms with Crippen molar-refractivity contribution in [3.63, 3.8) is 0 Å². The predicted octanol–water partition coefficient (Wildman–Crippen LogP) is 5.18. The Labute approximate surface area is 252 Å². The second-order valence-corrected chi connectivity index (χ2v) is 11.8. The Kier molecular flexibility index (Phi) is 6.86. The highest BCUT2D eigenvalue weighted by atomic mass is 16.6. The van der Waals surface area contributed by atoms with Gasteiger partial charge in [0.15, 0.2) is 12.1 Å². The van der Waals surface area contributed by atoms with E-state index in [0.29, 0.717) is 69.1 Å². The van der Waals surface area contributed by atoms with Crippen molar-refractivity contribution in [2.75, 3.05) is 7.11 Å². The maximum atomic E-state index is 13.7. The Hall–Kier alpha value is -4.93. The molecule has 2 aromatic rings. The topological polar surface area (TPSA) is 161 Å². The normalized spacial score (nSPS) is 21.7. The molecule has 0 radical (unpaired) electrons. The Balaban J connectivity index is 1.78. The Morgan fingerprint density at radius 2 is 1.77 bits per heavy atom. The minimum absolute atomic E-state index is 0.102. The van der Waals surface area contributed by atoms with Crippen LogP contribution in [0.3, 0.4) is 0 Å². The van der Waals surface area contributed by atoms with Gasteiger partial charge < -0.3 is 19.4 Å². The molecule has 3 atom stereocenters. The van der Waals surface area contributed by atoms with Crippen LogP contribution in [0.1, 0.15) is 124 Å². The number of aromatic nitrogens is 4. The first-order valence-electron chi connectivity index (χ1n) is 14.5. The maximum absolute atomic E-state index is 13.7. The van der Waals surface area contributed by atoms with Crippen molar-refractivity contribution in [2.45, 2.75) is 71.1 Å². The largest absolute Gasteiger partial charge is 0.469 e. The quantitative estimate of drug-likeness (QED) is 0.269. The number of hydrogen-bond acceptors (Lipinski definition) is 9. The lowest BCUT2D eigenvalue weighted by Crippen LogP contribution is -2.27. The number of nitrogens with zero attached hydrogens (tertiary/aromatic N) is 2. The van der Waals surface area contributed by atoms with Crippen LogP contribution in [0.4, 0.5) is 0 Å². The van der Waals surface area contributed by atoms with Gasteiger partial charge in [-0.15, -0.1) is 0 Å². The summed E-state index contributed by atoms with van der Waals surface area (Å²) < 4.78 is 10.1. The highest BCUT2D eigenvalue weighted by Gasteiger charge is 2.42. The van der Waals surface area contributed by atoms with Gasteiger partial charge in [-0.25, -0.2) is 19.6 Å². The molecule has 8 bridgehead atoms. The summed E-state index contributed by atoms with van der Waals surface area (Å²) in [7, 11) is 1.32. The fraction of sp³-hybridized carbons (Fsp3) is 0.364. The van der Waals surface area contributed by atoms with Crippen molar-refractivity contribution < 1.29 is 33.4 Å². The number of aldehydes is 1. The van der Waals surface area contributed by atoms with Crippen molar-refractivity contribution in [3.05, 3.63) is 69.1 Å². The zero-order valence-electron chi connectivity index (χ0n) is 25.3. The number of cyclic esters (lactones) is 2. The van der Waals surface area contributed by atoms with Gasteiger partial charge in [0.25, 0.3) is 0 Å². The van der Waals surface area contributed by atoms with Gasteiger partial charge in [0.05, 0.1) is 40.7 Å². The molecule has 0 amide bonds. The summed E-state index contributed by atoms with van der Waals surface area (Å²) in [5.74, 6) is -2.76. The Morgan fingerprint density at radius 3 is 2.45 bits per heavy atom. The number of allylic oxidation sites excluding steroid dienone is 2. The first-order chi connectivity index (χ1) is 20.9. The number of H-pyrrole nitrogens is 2. The number of fused-ring (bicyclic) bond motifs is 8. The van der Waals surface area contributed by atoms with E-state index in [4.69, 9.17) is 19.4 Å². The lowest BCUT2D eigenvalue weighted by molar-refractivity contribution is -0.140. The third-order valence-corrected chi connectivity index (χ3v) is 9.55. The summed E-state index contributed by atoms with van der Waals surface area (Å²) in [6.07, 6.45) is 1.62. The van der Waals surface area contributed by atoms with Crippen LogP contribution in [0.25, 0.3) is 22.2 Å². The summed E-state index contributed by atoms with van der Waals surface area (Å²) in [6.45, 7) is 9.18. The molecule has 0 fully saturated rings.